The Labute approximate surface area is 324 Å². The third-order valence-electron chi connectivity index (χ3n) is 12.4. The highest BCUT2D eigenvalue weighted by Gasteiger charge is 2.34. The van der Waals surface area contributed by atoms with Crippen molar-refractivity contribution in [1.29, 1.82) is 0 Å². The maximum atomic E-state index is 14.6. The Morgan fingerprint density at radius 2 is 1.73 bits per heavy atom. The van der Waals surface area contributed by atoms with Gasteiger partial charge in [-0.1, -0.05) is 31.4 Å². The van der Waals surface area contributed by atoms with Gasteiger partial charge in [0.15, 0.2) is 0 Å². The first-order valence-corrected chi connectivity index (χ1v) is 21.7. The van der Waals surface area contributed by atoms with Crippen LogP contribution >= 0.6 is 0 Å². The Morgan fingerprint density at radius 1 is 0.927 bits per heavy atom. The van der Waals surface area contributed by atoms with Crippen LogP contribution in [0, 0.1) is 0 Å². The van der Waals surface area contributed by atoms with E-state index in [-0.39, 0.29) is 18.4 Å². The summed E-state index contributed by atoms with van der Waals surface area (Å²) in [4.78, 5) is 32.0. The Bertz CT molecular complexity index is 2260. The van der Waals surface area contributed by atoms with Gasteiger partial charge in [-0.05, 0) is 124 Å². The van der Waals surface area contributed by atoms with Crippen molar-refractivity contribution >= 4 is 44.4 Å². The molecule has 3 fully saturated rings. The summed E-state index contributed by atoms with van der Waals surface area (Å²) in [5.74, 6) is 0.610. The number of nitrogens with one attached hydrogen (secondary N) is 1. The number of carbonyl (C=O) groups excluding carboxylic acids is 2. The SMILES string of the molecule is COc1ccc2c(c1)C=C(c1c(C(=O)N3CCCN(C)CC3)cnn1C1CCC1)Cn1c-2c(C2CCCCC2)c2ccc(CC(=O)NS(=O)(=O)C(C)C)cc21. The molecule has 2 saturated carbocycles. The fourth-order valence-corrected chi connectivity index (χ4v) is 9.63. The van der Waals surface area contributed by atoms with Crippen LogP contribution in [0.4, 0.5) is 0 Å². The molecule has 4 aliphatic rings. The predicted molar refractivity (Wildman–Crippen MR) is 217 cm³/mol. The van der Waals surface area contributed by atoms with Gasteiger partial charge in [-0.25, -0.2) is 8.42 Å². The van der Waals surface area contributed by atoms with Crippen molar-refractivity contribution in [1.82, 2.24) is 28.9 Å². The molecule has 0 atom stereocenters. The molecule has 12 heteroatoms. The molecular formula is C43H54N6O5S. The molecule has 8 rings (SSSR count). The van der Waals surface area contributed by atoms with Crippen LogP contribution in [-0.4, -0.2) is 90.0 Å². The number of carbonyl (C=O) groups is 2. The zero-order valence-electron chi connectivity index (χ0n) is 32.6. The number of benzene rings is 2. The van der Waals surface area contributed by atoms with Gasteiger partial charge in [-0.3, -0.25) is 19.0 Å². The topological polar surface area (TPSA) is 119 Å². The molecule has 4 heterocycles. The minimum absolute atomic E-state index is 0.0250. The number of aromatic nitrogens is 3. The molecule has 2 amide bonds. The zero-order chi connectivity index (χ0) is 38.4. The number of hydrogen-bond acceptors (Lipinski definition) is 7. The number of sulfonamides is 1. The number of likely N-dealkylation sites (N-methyl/N-ethyl adjacent to an activating group) is 1. The van der Waals surface area contributed by atoms with E-state index in [1.54, 1.807) is 27.2 Å². The second-order valence-corrected chi connectivity index (χ2v) is 18.6. The van der Waals surface area contributed by atoms with Crippen molar-refractivity contribution in [3.05, 3.63) is 70.5 Å². The van der Waals surface area contributed by atoms with Gasteiger partial charge in [0.25, 0.3) is 5.91 Å². The van der Waals surface area contributed by atoms with Gasteiger partial charge in [0.05, 0.1) is 54.5 Å². The van der Waals surface area contributed by atoms with Crippen LogP contribution in [0.1, 0.15) is 116 Å². The van der Waals surface area contributed by atoms with E-state index in [9.17, 15) is 18.0 Å². The van der Waals surface area contributed by atoms with Gasteiger partial charge >= 0.3 is 0 Å². The van der Waals surface area contributed by atoms with Crippen molar-refractivity contribution in [3.63, 3.8) is 0 Å². The van der Waals surface area contributed by atoms with Gasteiger partial charge in [-0.15, -0.1) is 0 Å². The van der Waals surface area contributed by atoms with Crippen molar-refractivity contribution in [2.45, 2.75) is 102 Å². The van der Waals surface area contributed by atoms with E-state index < -0.39 is 21.2 Å². The van der Waals surface area contributed by atoms with Crippen LogP contribution in [0.3, 0.4) is 0 Å². The fraction of sp³-hybridized carbons (Fsp3) is 0.512. The quantitative estimate of drug-likeness (QED) is 0.195. The Hall–Kier alpha value is -4.42. The molecule has 1 saturated heterocycles. The molecule has 2 aromatic heterocycles. The van der Waals surface area contributed by atoms with E-state index >= 15 is 0 Å². The smallest absolute Gasteiger partial charge is 0.257 e. The monoisotopic (exact) mass is 766 g/mol. The molecule has 292 valence electrons. The molecule has 1 N–H and O–H groups in total. The molecule has 0 spiro atoms. The van der Waals surface area contributed by atoms with Crippen LogP contribution in [-0.2, 0) is 27.8 Å². The largest absolute Gasteiger partial charge is 0.497 e. The number of amides is 2. The number of allylic oxidation sites excluding steroid dienone is 1. The molecule has 4 aromatic rings. The third-order valence-corrected chi connectivity index (χ3v) is 14.1. The number of ether oxygens (including phenoxy) is 1. The van der Waals surface area contributed by atoms with E-state index in [2.05, 4.69) is 56.3 Å². The maximum Gasteiger partial charge on any atom is 0.257 e. The number of methoxy groups -OCH3 is 1. The van der Waals surface area contributed by atoms with E-state index in [4.69, 9.17) is 9.84 Å². The standard InChI is InChI=1S/C43H54N6O5S/c1-28(2)55(52,53)45-39(50)23-29-14-16-36-38(22-29)48-27-32(24-31-25-34(54-4)15-17-35(31)42(48)40(36)30-10-6-5-7-11-30)41-37(26-44-49(41)33-12-8-13-33)43(51)47-19-9-18-46(3)20-21-47/h14-17,22,24-26,28,30,33H,5-13,18-21,23,27H2,1-4H3,(H,45,50). The highest BCUT2D eigenvalue weighted by atomic mass is 32.2. The van der Waals surface area contributed by atoms with Crippen molar-refractivity contribution < 1.29 is 22.7 Å². The number of rotatable bonds is 9. The van der Waals surface area contributed by atoms with Crippen molar-refractivity contribution in [3.8, 4) is 17.0 Å². The lowest BCUT2D eigenvalue weighted by molar-refractivity contribution is -0.118. The first kappa shape index (κ1) is 37.5. The minimum Gasteiger partial charge on any atom is -0.497 e. The maximum absolute atomic E-state index is 14.6. The normalized spacial score (nSPS) is 18.6. The molecule has 2 aliphatic heterocycles. The van der Waals surface area contributed by atoms with Crippen LogP contribution in [0.15, 0.2) is 42.6 Å². The first-order valence-electron chi connectivity index (χ1n) is 20.2. The molecule has 2 aromatic carbocycles. The second-order valence-electron chi connectivity index (χ2n) is 16.3. The van der Waals surface area contributed by atoms with Gasteiger partial charge in [0, 0.05) is 36.1 Å². The minimum atomic E-state index is -3.76. The highest BCUT2D eigenvalue weighted by molar-refractivity contribution is 7.90. The molecule has 2 aliphatic carbocycles. The summed E-state index contributed by atoms with van der Waals surface area (Å²) >= 11 is 0. The summed E-state index contributed by atoms with van der Waals surface area (Å²) in [7, 11) is 0.0481. The van der Waals surface area contributed by atoms with E-state index in [1.165, 1.54) is 24.8 Å². The molecule has 0 unspecified atom stereocenters. The number of nitrogens with zero attached hydrogens (tertiary/aromatic N) is 5. The Morgan fingerprint density at radius 3 is 2.45 bits per heavy atom. The third kappa shape index (κ3) is 7.23. The number of hydrogen-bond donors (Lipinski definition) is 1. The summed E-state index contributed by atoms with van der Waals surface area (Å²) in [6.07, 6.45) is 13.9. The first-order chi connectivity index (χ1) is 26.5. The molecule has 0 radical (unpaired) electrons. The lowest BCUT2D eigenvalue weighted by Gasteiger charge is -2.29. The van der Waals surface area contributed by atoms with E-state index in [0.29, 0.717) is 31.1 Å². The molecule has 11 nitrogen and oxygen atoms in total. The van der Waals surface area contributed by atoms with Crippen LogP contribution in [0.5, 0.6) is 5.75 Å². The molecule has 0 bridgehead atoms. The van der Waals surface area contributed by atoms with Gasteiger partial charge in [0.1, 0.15) is 5.75 Å². The van der Waals surface area contributed by atoms with Crippen LogP contribution in [0.25, 0.3) is 33.8 Å². The van der Waals surface area contributed by atoms with Gasteiger partial charge in [0.2, 0.25) is 15.9 Å². The summed E-state index contributed by atoms with van der Waals surface area (Å²) in [6.45, 7) is 6.80. The summed E-state index contributed by atoms with van der Waals surface area (Å²) in [6, 6.07) is 12.7. The predicted octanol–water partition coefficient (Wildman–Crippen LogP) is 7.01. The van der Waals surface area contributed by atoms with Gasteiger partial charge in [-0.2, -0.15) is 5.10 Å². The highest BCUT2D eigenvalue weighted by Crippen LogP contribution is 2.48. The Balaban J connectivity index is 1.31. The second kappa shape index (κ2) is 15.3. The fourth-order valence-electron chi connectivity index (χ4n) is 9.01. The van der Waals surface area contributed by atoms with E-state index in [1.807, 2.05) is 17.0 Å². The average molecular weight is 767 g/mol. The van der Waals surface area contributed by atoms with Crippen LogP contribution in [0.2, 0.25) is 0 Å². The molecular weight excluding hydrogens is 713 g/mol. The summed E-state index contributed by atoms with van der Waals surface area (Å²) < 4.78 is 37.7. The average Bonchev–Trinajstić information content (AvgIpc) is 3.55. The van der Waals surface area contributed by atoms with Crippen molar-refractivity contribution in [2.75, 3.05) is 40.3 Å². The lowest BCUT2D eigenvalue weighted by atomic mass is 9.81. The summed E-state index contributed by atoms with van der Waals surface area (Å²) in [5, 5.41) is 5.40. The molecule has 55 heavy (non-hydrogen) atoms. The number of fused-ring (bicyclic) bond motifs is 5. The van der Waals surface area contributed by atoms with Crippen LogP contribution < -0.4 is 9.46 Å². The lowest BCUT2D eigenvalue weighted by Crippen LogP contribution is -2.36. The van der Waals surface area contributed by atoms with Crippen molar-refractivity contribution in [2.24, 2.45) is 0 Å². The van der Waals surface area contributed by atoms with E-state index in [0.717, 1.165) is 102 Å². The summed E-state index contributed by atoms with van der Waals surface area (Å²) in [5.41, 5.74) is 8.89. The Kier molecular flexibility index (Phi) is 10.4. The van der Waals surface area contributed by atoms with Gasteiger partial charge < -0.3 is 19.1 Å². The zero-order valence-corrected chi connectivity index (χ0v) is 33.5.